The first-order valence-corrected chi connectivity index (χ1v) is 6.39. The second-order valence-electron chi connectivity index (χ2n) is 4.20. The SMILES string of the molecule is CC(c1ccccc1Cl)N(C)c1n[nH]c(=S)n1C. The van der Waals surface area contributed by atoms with Crippen molar-refractivity contribution in [1.82, 2.24) is 14.8 Å². The summed E-state index contributed by atoms with van der Waals surface area (Å²) in [7, 11) is 3.86. The lowest BCUT2D eigenvalue weighted by atomic mass is 10.1. The minimum atomic E-state index is 0.114. The Morgan fingerprint density at radius 1 is 1.44 bits per heavy atom. The quantitative estimate of drug-likeness (QED) is 0.878. The van der Waals surface area contributed by atoms with E-state index in [9.17, 15) is 0 Å². The number of nitrogens with zero attached hydrogens (tertiary/aromatic N) is 3. The molecule has 0 aliphatic heterocycles. The largest absolute Gasteiger partial charge is 0.337 e. The van der Waals surface area contributed by atoms with E-state index in [2.05, 4.69) is 17.1 Å². The van der Waals surface area contributed by atoms with Crippen LogP contribution in [0.3, 0.4) is 0 Å². The Labute approximate surface area is 116 Å². The molecule has 0 saturated carbocycles. The summed E-state index contributed by atoms with van der Waals surface area (Å²) < 4.78 is 2.44. The Bertz CT molecular complexity index is 604. The summed E-state index contributed by atoms with van der Waals surface area (Å²) in [4.78, 5) is 2.04. The number of benzene rings is 1. The molecule has 0 amide bonds. The van der Waals surface area contributed by atoms with Gasteiger partial charge in [-0.1, -0.05) is 29.8 Å². The minimum absolute atomic E-state index is 0.114. The number of aromatic amines is 1. The summed E-state index contributed by atoms with van der Waals surface area (Å²) in [5.41, 5.74) is 1.07. The Morgan fingerprint density at radius 2 is 2.11 bits per heavy atom. The number of nitrogens with one attached hydrogen (secondary N) is 1. The molecule has 4 nitrogen and oxygen atoms in total. The first kappa shape index (κ1) is 13.1. The van der Waals surface area contributed by atoms with E-state index in [1.54, 1.807) is 0 Å². The summed E-state index contributed by atoms with van der Waals surface area (Å²) >= 11 is 11.3. The first-order valence-electron chi connectivity index (χ1n) is 5.61. The van der Waals surface area contributed by atoms with Gasteiger partial charge in [0.15, 0.2) is 4.77 Å². The van der Waals surface area contributed by atoms with E-state index in [1.807, 2.05) is 47.8 Å². The van der Waals surface area contributed by atoms with Gasteiger partial charge in [0.05, 0.1) is 6.04 Å². The first-order chi connectivity index (χ1) is 8.52. The molecule has 2 aromatic rings. The van der Waals surface area contributed by atoms with Crippen LogP contribution in [0.4, 0.5) is 5.95 Å². The monoisotopic (exact) mass is 282 g/mol. The van der Waals surface area contributed by atoms with Crippen molar-refractivity contribution >= 4 is 29.8 Å². The zero-order valence-electron chi connectivity index (χ0n) is 10.5. The third kappa shape index (κ3) is 2.28. The van der Waals surface area contributed by atoms with Gasteiger partial charge in [-0.25, -0.2) is 5.10 Å². The van der Waals surface area contributed by atoms with E-state index >= 15 is 0 Å². The van der Waals surface area contributed by atoms with Gasteiger partial charge in [-0.2, -0.15) is 0 Å². The van der Waals surface area contributed by atoms with E-state index in [4.69, 9.17) is 23.8 Å². The van der Waals surface area contributed by atoms with Crippen LogP contribution in [-0.2, 0) is 7.05 Å². The van der Waals surface area contributed by atoms with E-state index < -0.39 is 0 Å². The lowest BCUT2D eigenvalue weighted by Gasteiger charge is -2.26. The third-order valence-corrected chi connectivity index (χ3v) is 3.82. The van der Waals surface area contributed by atoms with Gasteiger partial charge in [-0.15, -0.1) is 5.10 Å². The van der Waals surface area contributed by atoms with Crippen LogP contribution in [0.15, 0.2) is 24.3 Å². The highest BCUT2D eigenvalue weighted by Gasteiger charge is 2.18. The predicted molar refractivity (Wildman–Crippen MR) is 76.7 cm³/mol. The molecule has 0 radical (unpaired) electrons. The van der Waals surface area contributed by atoms with Crippen molar-refractivity contribution < 1.29 is 0 Å². The minimum Gasteiger partial charge on any atom is -0.337 e. The molecule has 18 heavy (non-hydrogen) atoms. The number of aromatic nitrogens is 3. The number of H-pyrrole nitrogens is 1. The fourth-order valence-electron chi connectivity index (χ4n) is 1.85. The van der Waals surface area contributed by atoms with E-state index in [0.29, 0.717) is 4.77 Å². The molecule has 0 aliphatic rings. The maximum Gasteiger partial charge on any atom is 0.225 e. The maximum atomic E-state index is 6.21. The smallest absolute Gasteiger partial charge is 0.225 e. The van der Waals surface area contributed by atoms with Crippen molar-refractivity contribution in [2.24, 2.45) is 7.05 Å². The summed E-state index contributed by atoms with van der Waals surface area (Å²) in [5.74, 6) is 0.785. The van der Waals surface area contributed by atoms with Gasteiger partial charge in [-0.05, 0) is 30.8 Å². The van der Waals surface area contributed by atoms with Crippen LogP contribution in [0.1, 0.15) is 18.5 Å². The highest BCUT2D eigenvalue weighted by Crippen LogP contribution is 2.28. The molecule has 0 spiro atoms. The fourth-order valence-corrected chi connectivity index (χ4v) is 2.27. The van der Waals surface area contributed by atoms with Gasteiger partial charge >= 0.3 is 0 Å². The molecule has 0 aliphatic carbocycles. The van der Waals surface area contributed by atoms with Crippen LogP contribution in [-0.4, -0.2) is 21.8 Å². The van der Waals surface area contributed by atoms with Crippen molar-refractivity contribution in [2.75, 3.05) is 11.9 Å². The molecule has 1 aromatic heterocycles. The van der Waals surface area contributed by atoms with Gasteiger partial charge in [0.2, 0.25) is 5.95 Å². The molecule has 6 heteroatoms. The van der Waals surface area contributed by atoms with Crippen LogP contribution >= 0.6 is 23.8 Å². The topological polar surface area (TPSA) is 36.9 Å². The number of hydrogen-bond donors (Lipinski definition) is 1. The lowest BCUT2D eigenvalue weighted by Crippen LogP contribution is -2.24. The third-order valence-electron chi connectivity index (χ3n) is 3.11. The molecule has 96 valence electrons. The van der Waals surface area contributed by atoms with Crippen LogP contribution < -0.4 is 4.90 Å². The van der Waals surface area contributed by atoms with Crippen LogP contribution in [0, 0.1) is 4.77 Å². The molecule has 1 unspecified atom stereocenters. The van der Waals surface area contributed by atoms with Gasteiger partial charge in [0.1, 0.15) is 0 Å². The number of halogens is 1. The van der Waals surface area contributed by atoms with Gasteiger partial charge < -0.3 is 4.90 Å². The summed E-state index contributed by atoms with van der Waals surface area (Å²) in [5, 5.41) is 7.76. The molecule has 2 rings (SSSR count). The molecule has 1 atom stereocenters. The maximum absolute atomic E-state index is 6.21. The standard InChI is InChI=1S/C12H15ClN4S/c1-8(9-6-4-5-7-10(9)13)16(2)11-14-15-12(18)17(11)3/h4-8H,1-3H3,(H,15,18). The molecule has 0 fully saturated rings. The van der Waals surface area contributed by atoms with Crippen LogP contribution in [0.5, 0.6) is 0 Å². The Balaban J connectivity index is 2.35. The highest BCUT2D eigenvalue weighted by atomic mass is 35.5. The Morgan fingerprint density at radius 3 is 2.67 bits per heavy atom. The second-order valence-corrected chi connectivity index (χ2v) is 4.99. The van der Waals surface area contributed by atoms with Crippen molar-refractivity contribution in [1.29, 1.82) is 0 Å². The van der Waals surface area contributed by atoms with E-state index in [1.165, 1.54) is 0 Å². The fraction of sp³-hybridized carbons (Fsp3) is 0.333. The van der Waals surface area contributed by atoms with Crippen molar-refractivity contribution in [3.05, 3.63) is 39.6 Å². The normalized spacial score (nSPS) is 12.4. The highest BCUT2D eigenvalue weighted by molar-refractivity contribution is 7.71. The zero-order valence-corrected chi connectivity index (χ0v) is 12.1. The number of anilines is 1. The molecule has 1 aromatic carbocycles. The molecule has 1 N–H and O–H groups in total. The van der Waals surface area contributed by atoms with Gasteiger partial charge in [0.25, 0.3) is 0 Å². The van der Waals surface area contributed by atoms with Crippen molar-refractivity contribution in [3.63, 3.8) is 0 Å². The Hall–Kier alpha value is -1.33. The zero-order chi connectivity index (χ0) is 13.3. The summed E-state index contributed by atoms with van der Waals surface area (Å²) in [6.45, 7) is 2.08. The average Bonchev–Trinajstić information content (AvgIpc) is 2.69. The molecular weight excluding hydrogens is 268 g/mol. The van der Waals surface area contributed by atoms with Crippen LogP contribution in [0.2, 0.25) is 5.02 Å². The Kier molecular flexibility index (Phi) is 3.73. The molecule has 0 bridgehead atoms. The average molecular weight is 283 g/mol. The summed E-state index contributed by atoms with van der Waals surface area (Å²) in [6.07, 6.45) is 0. The van der Waals surface area contributed by atoms with E-state index in [-0.39, 0.29) is 6.04 Å². The second kappa shape index (κ2) is 5.12. The summed E-state index contributed by atoms with van der Waals surface area (Å²) in [6, 6.07) is 7.93. The predicted octanol–water partition coefficient (Wildman–Crippen LogP) is 3.33. The number of rotatable bonds is 3. The van der Waals surface area contributed by atoms with E-state index in [0.717, 1.165) is 16.5 Å². The van der Waals surface area contributed by atoms with Crippen molar-refractivity contribution in [2.45, 2.75) is 13.0 Å². The molecular formula is C12H15ClN4S. The molecule has 1 heterocycles. The van der Waals surface area contributed by atoms with Crippen molar-refractivity contribution in [3.8, 4) is 0 Å². The lowest BCUT2D eigenvalue weighted by molar-refractivity contribution is 0.693. The van der Waals surface area contributed by atoms with Crippen LogP contribution in [0.25, 0.3) is 0 Å². The molecule has 0 saturated heterocycles. The van der Waals surface area contributed by atoms with Gasteiger partial charge in [-0.3, -0.25) is 4.57 Å². The van der Waals surface area contributed by atoms with Gasteiger partial charge in [0, 0.05) is 19.1 Å². The number of hydrogen-bond acceptors (Lipinski definition) is 3.